The molecular formula is C16H16N4O3. The number of nitrogens with one attached hydrogen (secondary N) is 2. The fourth-order valence-electron chi connectivity index (χ4n) is 2.58. The van der Waals surface area contributed by atoms with Crippen LogP contribution >= 0.6 is 0 Å². The fourth-order valence-corrected chi connectivity index (χ4v) is 2.58. The SMILES string of the molecule is O=C(Nc1cc(-c2cccc([N+](=O)[O-])c2)[nH]n1)C1CC=CCC1. The van der Waals surface area contributed by atoms with E-state index in [9.17, 15) is 14.9 Å². The zero-order valence-corrected chi connectivity index (χ0v) is 12.4. The Hall–Kier alpha value is -2.96. The number of benzene rings is 1. The lowest BCUT2D eigenvalue weighted by Gasteiger charge is -2.15. The van der Waals surface area contributed by atoms with Crippen molar-refractivity contribution >= 4 is 17.4 Å². The number of hydrogen-bond donors (Lipinski definition) is 2. The van der Waals surface area contributed by atoms with Gasteiger partial charge in [-0.05, 0) is 19.3 Å². The molecule has 0 saturated carbocycles. The molecule has 118 valence electrons. The maximum absolute atomic E-state index is 12.2. The molecule has 0 radical (unpaired) electrons. The number of nitro groups is 1. The van der Waals surface area contributed by atoms with Crippen LogP contribution in [0, 0.1) is 16.0 Å². The first-order valence-corrected chi connectivity index (χ1v) is 7.39. The van der Waals surface area contributed by atoms with Crippen LogP contribution in [0.5, 0.6) is 0 Å². The van der Waals surface area contributed by atoms with Crippen LogP contribution in [0.1, 0.15) is 19.3 Å². The van der Waals surface area contributed by atoms with Crippen molar-refractivity contribution in [2.75, 3.05) is 5.32 Å². The molecule has 3 rings (SSSR count). The molecule has 1 aliphatic rings. The first-order valence-electron chi connectivity index (χ1n) is 7.39. The van der Waals surface area contributed by atoms with Crippen LogP contribution in [-0.2, 0) is 4.79 Å². The molecule has 0 spiro atoms. The van der Waals surface area contributed by atoms with Gasteiger partial charge in [0.25, 0.3) is 5.69 Å². The van der Waals surface area contributed by atoms with E-state index in [1.807, 2.05) is 6.08 Å². The van der Waals surface area contributed by atoms with Crippen molar-refractivity contribution in [3.63, 3.8) is 0 Å². The van der Waals surface area contributed by atoms with Crippen molar-refractivity contribution < 1.29 is 9.72 Å². The summed E-state index contributed by atoms with van der Waals surface area (Å²) in [6.45, 7) is 0. The minimum Gasteiger partial charge on any atom is -0.309 e. The summed E-state index contributed by atoms with van der Waals surface area (Å²) in [5, 5.41) is 20.5. The van der Waals surface area contributed by atoms with Crippen LogP contribution in [0.2, 0.25) is 0 Å². The number of carbonyl (C=O) groups is 1. The molecule has 23 heavy (non-hydrogen) atoms. The molecule has 7 nitrogen and oxygen atoms in total. The molecule has 7 heteroatoms. The number of nitro benzene ring substituents is 1. The number of allylic oxidation sites excluding steroid dienone is 2. The molecule has 1 amide bonds. The van der Waals surface area contributed by atoms with E-state index in [1.54, 1.807) is 18.2 Å². The van der Waals surface area contributed by atoms with Crippen LogP contribution in [-0.4, -0.2) is 21.0 Å². The second-order valence-electron chi connectivity index (χ2n) is 5.44. The molecule has 1 aromatic carbocycles. The van der Waals surface area contributed by atoms with Gasteiger partial charge in [-0.2, -0.15) is 5.10 Å². The highest BCUT2D eigenvalue weighted by atomic mass is 16.6. The third-order valence-electron chi connectivity index (χ3n) is 3.84. The third-order valence-corrected chi connectivity index (χ3v) is 3.84. The van der Waals surface area contributed by atoms with Crippen LogP contribution in [0.25, 0.3) is 11.3 Å². The van der Waals surface area contributed by atoms with E-state index in [0.717, 1.165) is 19.3 Å². The minimum absolute atomic E-state index is 0.0108. The Morgan fingerprint density at radius 3 is 2.96 bits per heavy atom. The molecular weight excluding hydrogens is 296 g/mol. The first kappa shape index (κ1) is 15.0. The van der Waals surface area contributed by atoms with E-state index in [0.29, 0.717) is 17.1 Å². The lowest BCUT2D eigenvalue weighted by atomic mass is 9.94. The summed E-state index contributed by atoms with van der Waals surface area (Å²) in [6.07, 6.45) is 6.60. The van der Waals surface area contributed by atoms with Crippen LogP contribution in [0.15, 0.2) is 42.5 Å². The van der Waals surface area contributed by atoms with Crippen molar-refractivity contribution in [1.82, 2.24) is 10.2 Å². The summed E-state index contributed by atoms with van der Waals surface area (Å²) in [4.78, 5) is 22.6. The van der Waals surface area contributed by atoms with Gasteiger partial charge in [-0.25, -0.2) is 0 Å². The van der Waals surface area contributed by atoms with Gasteiger partial charge in [-0.1, -0.05) is 24.3 Å². The third kappa shape index (κ3) is 3.45. The topological polar surface area (TPSA) is 101 Å². The Kier molecular flexibility index (Phi) is 4.18. The maximum Gasteiger partial charge on any atom is 0.270 e. The molecule has 2 N–H and O–H groups in total. The summed E-state index contributed by atoms with van der Waals surface area (Å²) in [5.41, 5.74) is 1.28. The highest BCUT2D eigenvalue weighted by Crippen LogP contribution is 2.25. The van der Waals surface area contributed by atoms with Gasteiger partial charge in [0, 0.05) is 29.7 Å². The molecule has 1 unspecified atom stereocenters. The molecule has 1 atom stereocenters. The molecule has 0 aliphatic heterocycles. The number of aromatic amines is 1. The predicted octanol–water partition coefficient (Wildman–Crippen LogP) is 3.28. The standard InChI is InChI=1S/C16H16N4O3/c21-16(11-5-2-1-3-6-11)17-15-10-14(18-19-15)12-7-4-8-13(9-12)20(22)23/h1-2,4,7-11H,3,5-6H2,(H2,17,18,19,21). The Bertz CT molecular complexity index is 766. The fraction of sp³-hybridized carbons (Fsp3) is 0.250. The number of nitrogens with zero attached hydrogens (tertiary/aromatic N) is 2. The number of amides is 1. The van der Waals surface area contributed by atoms with Crippen molar-refractivity contribution in [3.05, 3.63) is 52.6 Å². The van der Waals surface area contributed by atoms with E-state index in [1.165, 1.54) is 12.1 Å². The number of rotatable bonds is 4. The molecule has 0 fully saturated rings. The molecule has 2 aromatic rings. The van der Waals surface area contributed by atoms with Crippen molar-refractivity contribution in [2.24, 2.45) is 5.92 Å². The van der Waals surface area contributed by atoms with Gasteiger partial charge in [0.1, 0.15) is 0 Å². The van der Waals surface area contributed by atoms with Gasteiger partial charge >= 0.3 is 0 Å². The smallest absolute Gasteiger partial charge is 0.270 e. The summed E-state index contributed by atoms with van der Waals surface area (Å²) in [5.74, 6) is 0.343. The number of anilines is 1. The van der Waals surface area contributed by atoms with E-state index >= 15 is 0 Å². The van der Waals surface area contributed by atoms with E-state index in [2.05, 4.69) is 21.6 Å². The summed E-state index contributed by atoms with van der Waals surface area (Å²) in [6, 6.07) is 7.93. The van der Waals surface area contributed by atoms with Crippen LogP contribution in [0.3, 0.4) is 0 Å². The summed E-state index contributed by atoms with van der Waals surface area (Å²) >= 11 is 0. The number of H-pyrrole nitrogens is 1. The number of non-ortho nitro benzene ring substituents is 1. The average molecular weight is 312 g/mol. The average Bonchev–Trinajstić information content (AvgIpc) is 3.04. The lowest BCUT2D eigenvalue weighted by Crippen LogP contribution is -2.23. The zero-order valence-electron chi connectivity index (χ0n) is 12.4. The van der Waals surface area contributed by atoms with E-state index in [4.69, 9.17) is 0 Å². The Labute approximate surface area is 132 Å². The van der Waals surface area contributed by atoms with E-state index in [-0.39, 0.29) is 17.5 Å². The summed E-state index contributed by atoms with van der Waals surface area (Å²) < 4.78 is 0. The van der Waals surface area contributed by atoms with Crippen LogP contribution < -0.4 is 5.32 Å². The van der Waals surface area contributed by atoms with Gasteiger partial charge in [-0.15, -0.1) is 0 Å². The molecule has 0 saturated heterocycles. The predicted molar refractivity (Wildman–Crippen MR) is 85.8 cm³/mol. The Morgan fingerprint density at radius 2 is 2.22 bits per heavy atom. The summed E-state index contributed by atoms with van der Waals surface area (Å²) in [7, 11) is 0. The van der Waals surface area contributed by atoms with E-state index < -0.39 is 4.92 Å². The quantitative estimate of drug-likeness (QED) is 0.514. The maximum atomic E-state index is 12.2. The highest BCUT2D eigenvalue weighted by Gasteiger charge is 2.19. The molecule has 1 heterocycles. The number of aromatic nitrogens is 2. The largest absolute Gasteiger partial charge is 0.309 e. The second kappa shape index (κ2) is 6.43. The number of carbonyl (C=O) groups excluding carboxylic acids is 1. The lowest BCUT2D eigenvalue weighted by molar-refractivity contribution is -0.384. The normalized spacial score (nSPS) is 17.0. The molecule has 1 aliphatic carbocycles. The van der Waals surface area contributed by atoms with Crippen molar-refractivity contribution in [2.45, 2.75) is 19.3 Å². The zero-order chi connectivity index (χ0) is 16.2. The van der Waals surface area contributed by atoms with Gasteiger partial charge in [0.2, 0.25) is 5.91 Å². The van der Waals surface area contributed by atoms with Crippen molar-refractivity contribution in [3.8, 4) is 11.3 Å². The minimum atomic E-state index is -0.445. The van der Waals surface area contributed by atoms with Gasteiger partial charge in [-0.3, -0.25) is 20.0 Å². The molecule has 0 bridgehead atoms. The monoisotopic (exact) mass is 312 g/mol. The molecule has 1 aromatic heterocycles. The Balaban J connectivity index is 1.73. The Morgan fingerprint density at radius 1 is 1.35 bits per heavy atom. The van der Waals surface area contributed by atoms with Crippen molar-refractivity contribution in [1.29, 1.82) is 0 Å². The second-order valence-corrected chi connectivity index (χ2v) is 5.44. The van der Waals surface area contributed by atoms with Gasteiger partial charge < -0.3 is 5.32 Å². The highest BCUT2D eigenvalue weighted by molar-refractivity contribution is 5.92. The van der Waals surface area contributed by atoms with Gasteiger partial charge in [0.15, 0.2) is 5.82 Å². The van der Waals surface area contributed by atoms with Crippen LogP contribution in [0.4, 0.5) is 11.5 Å². The number of hydrogen-bond acceptors (Lipinski definition) is 4. The first-order chi connectivity index (χ1) is 11.1. The van der Waals surface area contributed by atoms with Gasteiger partial charge in [0.05, 0.1) is 10.6 Å².